The van der Waals surface area contributed by atoms with Gasteiger partial charge in [-0.3, -0.25) is 14.9 Å². The van der Waals surface area contributed by atoms with Gasteiger partial charge in [-0.05, 0) is 41.4 Å². The third-order valence-electron chi connectivity index (χ3n) is 3.14. The molecule has 0 saturated heterocycles. The molecule has 0 spiro atoms. The number of Topliss-reactive ketones (excluding diaryl/α,β-unsaturated/α-hetero) is 1. The topological polar surface area (TPSA) is 118 Å². The maximum atomic E-state index is 12.4. The number of ketones is 1. The number of hydrogen-bond acceptors (Lipinski definition) is 5. The molecule has 0 unspecified atom stereocenters. The zero-order valence-electron chi connectivity index (χ0n) is 12.6. The summed E-state index contributed by atoms with van der Waals surface area (Å²) in [5.41, 5.74) is 9.26. The second-order valence-electron chi connectivity index (χ2n) is 4.63. The summed E-state index contributed by atoms with van der Waals surface area (Å²) in [5.74, 6) is 0.123. The van der Waals surface area contributed by atoms with Crippen molar-refractivity contribution in [1.82, 2.24) is 0 Å². The van der Waals surface area contributed by atoms with E-state index in [1.807, 2.05) is 0 Å². The first-order chi connectivity index (χ1) is 11.5. The molecule has 2 aromatic rings. The van der Waals surface area contributed by atoms with Gasteiger partial charge in [-0.15, -0.1) is 0 Å². The smallest absolute Gasteiger partial charge is 0.269 e. The first kappa shape index (κ1) is 16.7. The lowest BCUT2D eigenvalue weighted by Crippen LogP contribution is -2.01. The number of nitro benzene ring substituents is 1. The van der Waals surface area contributed by atoms with Crippen LogP contribution in [0.5, 0.6) is 5.75 Å². The average molecular weight is 324 g/mol. The second kappa shape index (κ2) is 7.57. The van der Waals surface area contributed by atoms with Crippen molar-refractivity contribution in [2.75, 3.05) is 7.11 Å². The van der Waals surface area contributed by atoms with Crippen LogP contribution in [0.1, 0.15) is 15.9 Å². The van der Waals surface area contributed by atoms with Crippen LogP contribution < -0.4 is 4.74 Å². The second-order valence-corrected chi connectivity index (χ2v) is 4.63. The summed E-state index contributed by atoms with van der Waals surface area (Å²) >= 11 is 0. The van der Waals surface area contributed by atoms with Gasteiger partial charge in [-0.25, -0.2) is 0 Å². The zero-order valence-corrected chi connectivity index (χ0v) is 12.6. The SMILES string of the molecule is COc1ccc(/C=C(\N=[N+]=[N-])C(=O)c2ccc([N+](=O)[O-])cc2)cc1. The van der Waals surface area contributed by atoms with Gasteiger partial charge in [0.2, 0.25) is 0 Å². The molecular formula is C16H12N4O4. The summed E-state index contributed by atoms with van der Waals surface area (Å²) in [6, 6.07) is 11.9. The fraction of sp³-hybridized carbons (Fsp3) is 0.0625. The fourth-order valence-electron chi connectivity index (χ4n) is 1.93. The normalized spacial score (nSPS) is 10.6. The fourth-order valence-corrected chi connectivity index (χ4v) is 1.93. The molecule has 0 N–H and O–H groups in total. The zero-order chi connectivity index (χ0) is 17.5. The molecule has 120 valence electrons. The Morgan fingerprint density at radius 2 is 1.83 bits per heavy atom. The van der Waals surface area contributed by atoms with E-state index in [4.69, 9.17) is 10.3 Å². The summed E-state index contributed by atoms with van der Waals surface area (Å²) < 4.78 is 5.04. The highest BCUT2D eigenvalue weighted by molar-refractivity contribution is 6.11. The van der Waals surface area contributed by atoms with Crippen molar-refractivity contribution < 1.29 is 14.5 Å². The molecule has 8 nitrogen and oxygen atoms in total. The first-order valence-corrected chi connectivity index (χ1v) is 6.75. The Bertz CT molecular complexity index is 835. The summed E-state index contributed by atoms with van der Waals surface area (Å²) in [5, 5.41) is 14.1. The van der Waals surface area contributed by atoms with Crippen molar-refractivity contribution in [3.63, 3.8) is 0 Å². The quantitative estimate of drug-likeness (QED) is 0.151. The van der Waals surface area contributed by atoms with Crippen molar-refractivity contribution >= 4 is 17.5 Å². The Labute approximate surface area is 136 Å². The molecule has 0 atom stereocenters. The van der Waals surface area contributed by atoms with Gasteiger partial charge in [0, 0.05) is 22.6 Å². The molecule has 0 aliphatic rings. The van der Waals surface area contributed by atoms with Crippen LogP contribution in [-0.2, 0) is 0 Å². The van der Waals surface area contributed by atoms with Gasteiger partial charge in [0.05, 0.1) is 17.7 Å². The molecule has 0 aromatic heterocycles. The third-order valence-corrected chi connectivity index (χ3v) is 3.14. The van der Waals surface area contributed by atoms with E-state index in [9.17, 15) is 14.9 Å². The summed E-state index contributed by atoms with van der Waals surface area (Å²) in [4.78, 5) is 25.2. The van der Waals surface area contributed by atoms with Crippen LogP contribution in [0.2, 0.25) is 0 Å². The third kappa shape index (κ3) is 3.96. The van der Waals surface area contributed by atoms with Gasteiger partial charge in [0.1, 0.15) is 5.75 Å². The predicted molar refractivity (Wildman–Crippen MR) is 87.5 cm³/mol. The predicted octanol–water partition coefficient (Wildman–Crippen LogP) is 4.14. The van der Waals surface area contributed by atoms with Crippen molar-refractivity contribution in [3.05, 3.63) is 85.9 Å². The number of carbonyl (C=O) groups excluding carboxylic acids is 1. The van der Waals surface area contributed by atoms with Gasteiger partial charge in [-0.1, -0.05) is 17.2 Å². The van der Waals surface area contributed by atoms with Crippen LogP contribution in [0.3, 0.4) is 0 Å². The Morgan fingerprint density at radius 3 is 2.33 bits per heavy atom. The molecule has 8 heteroatoms. The maximum absolute atomic E-state index is 12.4. The highest BCUT2D eigenvalue weighted by atomic mass is 16.6. The Morgan fingerprint density at radius 1 is 1.21 bits per heavy atom. The summed E-state index contributed by atoms with van der Waals surface area (Å²) in [6.45, 7) is 0. The summed E-state index contributed by atoms with van der Waals surface area (Å²) in [7, 11) is 1.54. The van der Waals surface area contributed by atoms with Crippen LogP contribution in [-0.4, -0.2) is 17.8 Å². The van der Waals surface area contributed by atoms with E-state index in [0.29, 0.717) is 11.3 Å². The van der Waals surface area contributed by atoms with E-state index in [1.165, 1.54) is 37.5 Å². The molecule has 0 fully saturated rings. The molecule has 2 rings (SSSR count). The molecule has 2 aromatic carbocycles. The molecule has 0 aliphatic carbocycles. The van der Waals surface area contributed by atoms with Gasteiger partial charge in [-0.2, -0.15) is 0 Å². The summed E-state index contributed by atoms with van der Waals surface area (Å²) in [6.07, 6.45) is 1.43. The number of methoxy groups -OCH3 is 1. The van der Waals surface area contributed by atoms with Gasteiger partial charge < -0.3 is 4.74 Å². The number of nitrogens with zero attached hydrogens (tertiary/aromatic N) is 4. The highest BCUT2D eigenvalue weighted by Crippen LogP contribution is 2.19. The number of nitro groups is 1. The lowest BCUT2D eigenvalue weighted by molar-refractivity contribution is -0.384. The number of ether oxygens (including phenoxy) is 1. The van der Waals surface area contributed by atoms with E-state index >= 15 is 0 Å². The van der Waals surface area contributed by atoms with Gasteiger partial charge in [0.25, 0.3) is 5.69 Å². The van der Waals surface area contributed by atoms with E-state index < -0.39 is 10.7 Å². The van der Waals surface area contributed by atoms with Gasteiger partial charge in [0.15, 0.2) is 5.78 Å². The number of non-ortho nitro benzene ring substituents is 1. The Kier molecular flexibility index (Phi) is 5.28. The molecule has 0 radical (unpaired) electrons. The Balaban J connectivity index is 2.34. The molecule has 0 aliphatic heterocycles. The minimum atomic E-state index is -0.560. The molecule has 0 heterocycles. The largest absolute Gasteiger partial charge is 0.497 e. The van der Waals surface area contributed by atoms with Gasteiger partial charge >= 0.3 is 0 Å². The number of rotatable bonds is 6. The molecule has 0 amide bonds. The van der Waals surface area contributed by atoms with Crippen molar-refractivity contribution in [3.8, 4) is 5.75 Å². The van der Waals surface area contributed by atoms with E-state index in [-0.39, 0.29) is 16.9 Å². The number of benzene rings is 2. The molecular weight excluding hydrogens is 312 g/mol. The van der Waals surface area contributed by atoms with Crippen LogP contribution >= 0.6 is 0 Å². The maximum Gasteiger partial charge on any atom is 0.269 e. The number of carbonyl (C=O) groups is 1. The number of hydrogen-bond donors (Lipinski definition) is 0. The lowest BCUT2D eigenvalue weighted by Gasteiger charge is -2.03. The van der Waals surface area contributed by atoms with Crippen molar-refractivity contribution in [2.24, 2.45) is 5.11 Å². The Hall–Kier alpha value is -3.64. The van der Waals surface area contributed by atoms with Crippen LogP contribution in [0.15, 0.2) is 59.3 Å². The van der Waals surface area contributed by atoms with E-state index in [0.717, 1.165) is 0 Å². The van der Waals surface area contributed by atoms with Crippen LogP contribution in [0, 0.1) is 10.1 Å². The number of allylic oxidation sites excluding steroid dienone is 1. The first-order valence-electron chi connectivity index (χ1n) is 6.75. The molecule has 24 heavy (non-hydrogen) atoms. The van der Waals surface area contributed by atoms with E-state index in [1.54, 1.807) is 24.3 Å². The van der Waals surface area contributed by atoms with Crippen LogP contribution in [0.25, 0.3) is 16.5 Å². The van der Waals surface area contributed by atoms with Crippen molar-refractivity contribution in [1.29, 1.82) is 0 Å². The monoisotopic (exact) mass is 324 g/mol. The molecule has 0 saturated carbocycles. The minimum Gasteiger partial charge on any atom is -0.497 e. The van der Waals surface area contributed by atoms with Crippen LogP contribution in [0.4, 0.5) is 5.69 Å². The minimum absolute atomic E-state index is 0.114. The highest BCUT2D eigenvalue weighted by Gasteiger charge is 2.13. The molecule has 0 bridgehead atoms. The van der Waals surface area contributed by atoms with Crippen molar-refractivity contribution in [2.45, 2.75) is 0 Å². The standard InChI is InChI=1S/C16H12N4O4/c1-24-14-8-2-11(3-9-14)10-15(18-19-17)16(21)12-4-6-13(7-5-12)20(22)23/h2-10H,1H3/b15-10-. The average Bonchev–Trinajstić information content (AvgIpc) is 2.61. The number of azide groups is 1. The van der Waals surface area contributed by atoms with E-state index in [2.05, 4.69) is 10.0 Å². The lowest BCUT2D eigenvalue weighted by atomic mass is 10.1.